The first kappa shape index (κ1) is 9.54. The molecule has 0 unspecified atom stereocenters. The van der Waals surface area contributed by atoms with Gasteiger partial charge in [0.05, 0.1) is 11.3 Å². The highest BCUT2D eigenvalue weighted by molar-refractivity contribution is 6.09. The van der Waals surface area contributed by atoms with Gasteiger partial charge in [-0.2, -0.15) is 0 Å². The summed E-state index contributed by atoms with van der Waals surface area (Å²) in [6.45, 7) is 3.72. The Bertz CT molecular complexity index is 427. The third-order valence-corrected chi connectivity index (χ3v) is 2.35. The molecule has 1 amide bonds. The van der Waals surface area contributed by atoms with E-state index in [1.807, 2.05) is 0 Å². The molecule has 0 saturated heterocycles. The van der Waals surface area contributed by atoms with E-state index in [1.165, 1.54) is 17.1 Å². The maximum absolute atomic E-state index is 11.7. The minimum Gasteiger partial charge on any atom is -0.504 e. The Balaban J connectivity index is 2.63. The van der Waals surface area contributed by atoms with Gasteiger partial charge in [0.2, 0.25) is 0 Å². The lowest BCUT2D eigenvalue weighted by Crippen LogP contribution is -2.33. The number of rotatable bonds is 1. The molecule has 1 aromatic carbocycles. The Kier molecular flexibility index (Phi) is 1.90. The van der Waals surface area contributed by atoms with E-state index in [-0.39, 0.29) is 17.4 Å². The van der Waals surface area contributed by atoms with Crippen molar-refractivity contribution in [2.45, 2.75) is 0 Å². The lowest BCUT2D eigenvalue weighted by atomic mass is 10.1. The summed E-state index contributed by atoms with van der Waals surface area (Å²) in [5.74, 6) is -0.874. The molecule has 3 N–H and O–H groups in total. The number of fused-ring (bicyclic) bond motifs is 1. The Morgan fingerprint density at radius 2 is 1.80 bits per heavy atom. The summed E-state index contributed by atoms with van der Waals surface area (Å²) in [4.78, 5) is 11.7. The highest BCUT2D eigenvalue weighted by Crippen LogP contribution is 2.37. The molecule has 0 spiro atoms. The second-order valence-corrected chi connectivity index (χ2v) is 3.20. The van der Waals surface area contributed by atoms with Gasteiger partial charge < -0.3 is 10.2 Å². The van der Waals surface area contributed by atoms with Crippen molar-refractivity contribution in [2.75, 3.05) is 7.05 Å². The number of benzene rings is 1. The normalized spacial score (nSPS) is 14.6. The molecule has 5 nitrogen and oxygen atoms in total. The van der Waals surface area contributed by atoms with Crippen LogP contribution in [0.5, 0.6) is 11.5 Å². The summed E-state index contributed by atoms with van der Waals surface area (Å²) in [5, 5.41) is 19.8. The maximum Gasteiger partial charge on any atom is 0.273 e. The van der Waals surface area contributed by atoms with Crippen LogP contribution in [0.15, 0.2) is 18.7 Å². The molecule has 0 saturated carbocycles. The van der Waals surface area contributed by atoms with Crippen LogP contribution < -0.4 is 5.43 Å². The molecule has 1 aliphatic rings. The van der Waals surface area contributed by atoms with Crippen molar-refractivity contribution in [3.63, 3.8) is 0 Å². The summed E-state index contributed by atoms with van der Waals surface area (Å²) in [5.41, 5.74) is 3.96. The molecule has 0 radical (unpaired) electrons. The average molecular weight is 206 g/mol. The van der Waals surface area contributed by atoms with Crippen LogP contribution in [0.1, 0.15) is 15.9 Å². The Morgan fingerprint density at radius 3 is 2.33 bits per heavy atom. The predicted molar refractivity (Wildman–Crippen MR) is 54.0 cm³/mol. The zero-order valence-electron chi connectivity index (χ0n) is 8.11. The third-order valence-electron chi connectivity index (χ3n) is 2.35. The summed E-state index contributed by atoms with van der Waals surface area (Å²) >= 11 is 0. The van der Waals surface area contributed by atoms with E-state index in [2.05, 4.69) is 12.0 Å². The smallest absolute Gasteiger partial charge is 0.273 e. The van der Waals surface area contributed by atoms with Crippen molar-refractivity contribution in [2.24, 2.45) is 0 Å². The molecule has 78 valence electrons. The van der Waals surface area contributed by atoms with E-state index in [4.69, 9.17) is 0 Å². The number of amides is 1. The zero-order chi connectivity index (χ0) is 11.2. The fourth-order valence-electron chi connectivity index (χ4n) is 1.59. The van der Waals surface area contributed by atoms with E-state index in [0.717, 1.165) is 0 Å². The maximum atomic E-state index is 11.7. The van der Waals surface area contributed by atoms with Crippen LogP contribution in [-0.4, -0.2) is 28.2 Å². The van der Waals surface area contributed by atoms with Crippen molar-refractivity contribution in [3.05, 3.63) is 29.8 Å². The summed E-state index contributed by atoms with van der Waals surface area (Å²) in [7, 11) is 1.59. The van der Waals surface area contributed by atoms with E-state index in [9.17, 15) is 15.0 Å². The molecule has 1 heterocycles. The number of aromatic hydroxyl groups is 2. The van der Waals surface area contributed by atoms with Crippen molar-refractivity contribution in [1.29, 1.82) is 0 Å². The minimum atomic E-state index is -0.312. The van der Waals surface area contributed by atoms with Crippen LogP contribution in [0.3, 0.4) is 0 Å². The van der Waals surface area contributed by atoms with Gasteiger partial charge in [0, 0.05) is 12.6 Å². The van der Waals surface area contributed by atoms with Gasteiger partial charge in [-0.1, -0.05) is 6.58 Å². The second kappa shape index (κ2) is 2.99. The first-order valence-corrected chi connectivity index (χ1v) is 4.33. The van der Waals surface area contributed by atoms with Crippen LogP contribution >= 0.6 is 0 Å². The monoisotopic (exact) mass is 206 g/mol. The molecule has 0 fully saturated rings. The molecular formula is C10H10N2O3. The summed E-state index contributed by atoms with van der Waals surface area (Å²) < 4.78 is 0. The lowest BCUT2D eigenvalue weighted by molar-refractivity contribution is 0.0806. The SMILES string of the molecule is C=C1c2cc(O)c(O)cc2C(=O)N1NC. The third kappa shape index (κ3) is 1.17. The summed E-state index contributed by atoms with van der Waals surface area (Å²) in [6.07, 6.45) is 0. The van der Waals surface area contributed by atoms with Crippen LogP contribution in [-0.2, 0) is 0 Å². The van der Waals surface area contributed by atoms with Crippen LogP contribution in [0.4, 0.5) is 0 Å². The number of phenols is 2. The average Bonchev–Trinajstić information content (AvgIpc) is 2.42. The molecule has 0 bridgehead atoms. The Labute approximate surface area is 86.2 Å². The highest BCUT2D eigenvalue weighted by Gasteiger charge is 2.31. The molecule has 1 aromatic rings. The van der Waals surface area contributed by atoms with Gasteiger partial charge in [-0.15, -0.1) is 0 Å². The van der Waals surface area contributed by atoms with Gasteiger partial charge >= 0.3 is 0 Å². The molecule has 0 aliphatic carbocycles. The van der Waals surface area contributed by atoms with Crippen LogP contribution in [0.25, 0.3) is 5.70 Å². The van der Waals surface area contributed by atoms with Crippen molar-refractivity contribution in [1.82, 2.24) is 10.4 Å². The molecule has 5 heteroatoms. The first-order valence-electron chi connectivity index (χ1n) is 4.33. The van der Waals surface area contributed by atoms with Gasteiger partial charge in [0.15, 0.2) is 11.5 Å². The quantitative estimate of drug-likeness (QED) is 0.590. The molecule has 2 rings (SSSR count). The standard InChI is InChI=1S/C10H10N2O3/c1-5-6-3-8(13)9(14)4-7(6)10(15)12(5)11-2/h3-4,11,13-14H,1H2,2H3. The number of hydrogen-bond acceptors (Lipinski definition) is 4. The molecule has 15 heavy (non-hydrogen) atoms. The van der Waals surface area contributed by atoms with Crippen molar-refractivity contribution in [3.8, 4) is 11.5 Å². The molecule has 1 aliphatic heterocycles. The van der Waals surface area contributed by atoms with Gasteiger partial charge in [0.25, 0.3) is 5.91 Å². The van der Waals surface area contributed by atoms with E-state index >= 15 is 0 Å². The number of carbonyl (C=O) groups is 1. The lowest BCUT2D eigenvalue weighted by Gasteiger charge is -2.14. The van der Waals surface area contributed by atoms with E-state index in [0.29, 0.717) is 16.8 Å². The van der Waals surface area contributed by atoms with Gasteiger partial charge in [-0.25, -0.2) is 10.4 Å². The van der Waals surface area contributed by atoms with E-state index < -0.39 is 0 Å². The van der Waals surface area contributed by atoms with Crippen LogP contribution in [0.2, 0.25) is 0 Å². The topological polar surface area (TPSA) is 72.8 Å². The minimum absolute atomic E-state index is 0.263. The number of nitrogens with one attached hydrogen (secondary N) is 1. The Hall–Kier alpha value is -2.01. The fourth-order valence-corrected chi connectivity index (χ4v) is 1.59. The molecular weight excluding hydrogens is 196 g/mol. The number of carbonyl (C=O) groups excluding carboxylic acids is 1. The Morgan fingerprint density at radius 1 is 1.27 bits per heavy atom. The zero-order valence-corrected chi connectivity index (χ0v) is 8.11. The summed E-state index contributed by atoms with van der Waals surface area (Å²) in [6, 6.07) is 2.55. The predicted octanol–water partition coefficient (Wildman–Crippen LogP) is 0.659. The van der Waals surface area contributed by atoms with Crippen molar-refractivity contribution < 1.29 is 15.0 Å². The van der Waals surface area contributed by atoms with Crippen molar-refractivity contribution >= 4 is 11.6 Å². The van der Waals surface area contributed by atoms with Gasteiger partial charge in [-0.05, 0) is 12.1 Å². The second-order valence-electron chi connectivity index (χ2n) is 3.20. The number of hydrogen-bond donors (Lipinski definition) is 3. The van der Waals surface area contributed by atoms with Gasteiger partial charge in [0.1, 0.15) is 0 Å². The largest absolute Gasteiger partial charge is 0.504 e. The van der Waals surface area contributed by atoms with Gasteiger partial charge in [-0.3, -0.25) is 4.79 Å². The van der Waals surface area contributed by atoms with Crippen LogP contribution in [0, 0.1) is 0 Å². The van der Waals surface area contributed by atoms with E-state index in [1.54, 1.807) is 7.05 Å². The number of hydrazine groups is 1. The number of phenolic OH excluding ortho intramolecular Hbond substituents is 2. The number of nitrogens with zero attached hydrogens (tertiary/aromatic N) is 1. The highest BCUT2D eigenvalue weighted by atomic mass is 16.3. The molecule has 0 aromatic heterocycles. The fraction of sp³-hybridized carbons (Fsp3) is 0.100. The first-order chi connectivity index (χ1) is 7.06. The molecule has 0 atom stereocenters.